The zero-order valence-electron chi connectivity index (χ0n) is 7.21. The van der Waals surface area contributed by atoms with Gasteiger partial charge in [0.1, 0.15) is 5.58 Å². The van der Waals surface area contributed by atoms with Crippen molar-refractivity contribution < 1.29 is 9.52 Å². The molecule has 0 spiro atoms. The first kappa shape index (κ1) is 10.0. The van der Waals surface area contributed by atoms with E-state index >= 15 is 0 Å². The fourth-order valence-corrected chi connectivity index (χ4v) is 2.06. The molecule has 0 saturated carbocycles. The van der Waals surface area contributed by atoms with Gasteiger partial charge in [0.05, 0.1) is 6.10 Å². The van der Waals surface area contributed by atoms with Gasteiger partial charge in [-0.3, -0.25) is 0 Å². The van der Waals surface area contributed by atoms with Crippen LogP contribution in [0.2, 0.25) is 5.22 Å². The van der Waals surface area contributed by atoms with Crippen LogP contribution in [-0.2, 0) is 0 Å². The number of hydrogen-bond donors (Lipinski definition) is 1. The van der Waals surface area contributed by atoms with Crippen LogP contribution < -0.4 is 0 Å². The van der Waals surface area contributed by atoms with Gasteiger partial charge in [0.2, 0.25) is 0 Å². The lowest BCUT2D eigenvalue weighted by Crippen LogP contribution is -1.97. The topological polar surface area (TPSA) is 33.4 Å². The SMILES string of the molecule is OC(CBr)c1c(Cl)oc2ccccc12. The third-order valence-electron chi connectivity index (χ3n) is 2.07. The van der Waals surface area contributed by atoms with Gasteiger partial charge in [-0.05, 0) is 17.7 Å². The predicted octanol–water partition coefficient (Wildman–Crippen LogP) is 3.51. The van der Waals surface area contributed by atoms with Crippen LogP contribution in [0.3, 0.4) is 0 Å². The van der Waals surface area contributed by atoms with Gasteiger partial charge in [0.15, 0.2) is 5.22 Å². The lowest BCUT2D eigenvalue weighted by molar-refractivity contribution is 0.206. The number of furan rings is 1. The molecule has 0 aliphatic rings. The smallest absolute Gasteiger partial charge is 0.200 e. The van der Waals surface area contributed by atoms with Gasteiger partial charge in [-0.25, -0.2) is 0 Å². The second-order valence-corrected chi connectivity index (χ2v) is 3.95. The standard InChI is InChI=1S/C10H8BrClO2/c11-5-7(13)9-6-3-1-2-4-8(6)14-10(9)12/h1-4,7,13H,5H2. The Kier molecular flexibility index (Phi) is 2.81. The van der Waals surface area contributed by atoms with Gasteiger partial charge < -0.3 is 9.52 Å². The molecule has 0 radical (unpaired) electrons. The molecule has 0 fully saturated rings. The van der Waals surface area contributed by atoms with Crippen LogP contribution in [-0.4, -0.2) is 10.4 Å². The summed E-state index contributed by atoms with van der Waals surface area (Å²) in [6.45, 7) is 0. The van der Waals surface area contributed by atoms with Crippen LogP contribution >= 0.6 is 27.5 Å². The second-order valence-electron chi connectivity index (χ2n) is 2.96. The molecule has 2 rings (SSSR count). The molecule has 1 unspecified atom stereocenters. The zero-order chi connectivity index (χ0) is 10.1. The summed E-state index contributed by atoms with van der Waals surface area (Å²) >= 11 is 9.10. The minimum absolute atomic E-state index is 0.262. The molecule has 1 atom stereocenters. The highest BCUT2D eigenvalue weighted by molar-refractivity contribution is 9.09. The first-order valence-corrected chi connectivity index (χ1v) is 5.65. The van der Waals surface area contributed by atoms with Crippen molar-refractivity contribution in [1.82, 2.24) is 0 Å². The Morgan fingerprint density at radius 2 is 2.14 bits per heavy atom. The van der Waals surface area contributed by atoms with Crippen molar-refractivity contribution in [3.63, 3.8) is 0 Å². The average Bonchev–Trinajstić information content (AvgIpc) is 2.53. The number of aliphatic hydroxyl groups excluding tert-OH is 1. The number of benzene rings is 1. The van der Waals surface area contributed by atoms with Gasteiger partial charge >= 0.3 is 0 Å². The van der Waals surface area contributed by atoms with Gasteiger partial charge in [0.25, 0.3) is 0 Å². The first-order valence-electron chi connectivity index (χ1n) is 4.15. The highest BCUT2D eigenvalue weighted by atomic mass is 79.9. The van der Waals surface area contributed by atoms with Crippen LogP contribution in [0.4, 0.5) is 0 Å². The number of alkyl halides is 1. The molecule has 0 saturated heterocycles. The minimum Gasteiger partial charge on any atom is -0.444 e. The predicted molar refractivity (Wildman–Crippen MR) is 60.0 cm³/mol. The Hall–Kier alpha value is -0.510. The van der Waals surface area contributed by atoms with Gasteiger partial charge in [0, 0.05) is 16.3 Å². The van der Waals surface area contributed by atoms with E-state index in [2.05, 4.69) is 15.9 Å². The fourth-order valence-electron chi connectivity index (χ4n) is 1.42. The Morgan fingerprint density at radius 3 is 2.86 bits per heavy atom. The molecule has 1 aromatic heterocycles. The van der Waals surface area contributed by atoms with Crippen molar-refractivity contribution in [3.8, 4) is 0 Å². The van der Waals surface area contributed by atoms with Crippen LogP contribution in [0.25, 0.3) is 11.0 Å². The Labute approximate surface area is 94.6 Å². The number of rotatable bonds is 2. The molecule has 0 aliphatic heterocycles. The summed E-state index contributed by atoms with van der Waals surface area (Å²) in [6.07, 6.45) is -0.633. The molecule has 2 aromatic rings. The third kappa shape index (κ3) is 1.56. The van der Waals surface area contributed by atoms with Gasteiger partial charge in [-0.15, -0.1) is 0 Å². The fraction of sp³-hybridized carbons (Fsp3) is 0.200. The maximum absolute atomic E-state index is 9.71. The lowest BCUT2D eigenvalue weighted by Gasteiger charge is -2.04. The van der Waals surface area contributed by atoms with E-state index in [9.17, 15) is 5.11 Å². The molecular weight excluding hydrogens is 267 g/mol. The van der Waals surface area contributed by atoms with E-state index in [0.29, 0.717) is 16.5 Å². The van der Waals surface area contributed by atoms with Crippen molar-refractivity contribution in [2.45, 2.75) is 6.10 Å². The number of para-hydroxylation sites is 1. The monoisotopic (exact) mass is 274 g/mol. The van der Waals surface area contributed by atoms with E-state index < -0.39 is 6.10 Å². The molecular formula is C10H8BrClO2. The van der Waals surface area contributed by atoms with Crippen LogP contribution in [0.1, 0.15) is 11.7 Å². The van der Waals surface area contributed by atoms with Crippen LogP contribution in [0.5, 0.6) is 0 Å². The number of halogens is 2. The molecule has 74 valence electrons. The van der Waals surface area contributed by atoms with Gasteiger partial charge in [-0.1, -0.05) is 34.1 Å². The summed E-state index contributed by atoms with van der Waals surface area (Å²) in [5.41, 5.74) is 1.35. The second kappa shape index (κ2) is 3.93. The minimum atomic E-state index is -0.633. The normalized spacial score (nSPS) is 13.4. The highest BCUT2D eigenvalue weighted by Crippen LogP contribution is 2.34. The number of fused-ring (bicyclic) bond motifs is 1. The summed E-state index contributed by atoms with van der Waals surface area (Å²) in [6, 6.07) is 7.46. The molecule has 4 heteroatoms. The quantitative estimate of drug-likeness (QED) is 0.851. The van der Waals surface area contributed by atoms with E-state index in [4.69, 9.17) is 16.0 Å². The maximum Gasteiger partial charge on any atom is 0.200 e. The third-order valence-corrected chi connectivity index (χ3v) is 2.96. The number of aliphatic hydroxyl groups is 1. The first-order chi connectivity index (χ1) is 6.74. The van der Waals surface area contributed by atoms with Gasteiger partial charge in [-0.2, -0.15) is 0 Å². The Morgan fingerprint density at radius 1 is 1.43 bits per heavy atom. The maximum atomic E-state index is 9.71. The summed E-state index contributed by atoms with van der Waals surface area (Å²) in [7, 11) is 0. The lowest BCUT2D eigenvalue weighted by atomic mass is 10.1. The molecule has 14 heavy (non-hydrogen) atoms. The van der Waals surface area contributed by atoms with Crippen molar-refractivity contribution in [3.05, 3.63) is 35.0 Å². The largest absolute Gasteiger partial charge is 0.444 e. The van der Waals surface area contributed by atoms with Crippen molar-refractivity contribution in [2.75, 3.05) is 5.33 Å². The van der Waals surface area contributed by atoms with E-state index in [1.54, 1.807) is 0 Å². The molecule has 1 N–H and O–H groups in total. The highest BCUT2D eigenvalue weighted by Gasteiger charge is 2.18. The number of hydrogen-bond acceptors (Lipinski definition) is 2. The van der Waals surface area contributed by atoms with Crippen molar-refractivity contribution in [2.24, 2.45) is 0 Å². The van der Waals surface area contributed by atoms with E-state index in [0.717, 1.165) is 5.39 Å². The summed E-state index contributed by atoms with van der Waals surface area (Å²) in [4.78, 5) is 0. The molecule has 0 bridgehead atoms. The molecule has 1 heterocycles. The zero-order valence-corrected chi connectivity index (χ0v) is 9.55. The van der Waals surface area contributed by atoms with E-state index in [-0.39, 0.29) is 5.22 Å². The van der Waals surface area contributed by atoms with Crippen molar-refractivity contribution in [1.29, 1.82) is 0 Å². The molecule has 2 nitrogen and oxygen atoms in total. The summed E-state index contributed by atoms with van der Waals surface area (Å²) in [5, 5.41) is 11.3. The average molecular weight is 276 g/mol. The molecule has 0 aliphatic carbocycles. The van der Waals surface area contributed by atoms with Crippen molar-refractivity contribution >= 4 is 38.5 Å². The molecule has 0 amide bonds. The summed E-state index contributed by atoms with van der Waals surface area (Å²) < 4.78 is 5.31. The summed E-state index contributed by atoms with van der Waals surface area (Å²) in [5.74, 6) is 0. The molecule has 1 aromatic carbocycles. The Bertz CT molecular complexity index is 452. The van der Waals surface area contributed by atoms with E-state index in [1.807, 2.05) is 24.3 Å². The van der Waals surface area contributed by atoms with Crippen LogP contribution in [0.15, 0.2) is 28.7 Å². The van der Waals surface area contributed by atoms with E-state index in [1.165, 1.54) is 0 Å². The van der Waals surface area contributed by atoms with Crippen LogP contribution in [0, 0.1) is 0 Å². The Balaban J connectivity index is 2.67.